The molecule has 18 heavy (non-hydrogen) atoms. The minimum absolute atomic E-state index is 0.907. The van der Waals surface area contributed by atoms with Gasteiger partial charge in [0.15, 0.2) is 5.01 Å². The van der Waals surface area contributed by atoms with E-state index < -0.39 is 0 Å². The molecule has 0 radical (unpaired) electrons. The van der Waals surface area contributed by atoms with Gasteiger partial charge in [0.05, 0.1) is 15.6 Å². The van der Waals surface area contributed by atoms with Crippen LogP contribution >= 0.6 is 22.7 Å². The smallest absolute Gasteiger partial charge is 0.206 e. The molecule has 2 rings (SSSR count). The van der Waals surface area contributed by atoms with E-state index in [1.54, 1.807) is 22.7 Å². The molecular formula is C12H18N4S2. The van der Waals surface area contributed by atoms with Gasteiger partial charge in [-0.25, -0.2) is 4.98 Å². The van der Waals surface area contributed by atoms with Crippen molar-refractivity contribution < 1.29 is 0 Å². The topological polar surface area (TPSA) is 50.7 Å². The predicted molar refractivity (Wildman–Crippen MR) is 78.5 cm³/mol. The fraction of sp³-hybridized carbons (Fsp3) is 0.583. The van der Waals surface area contributed by atoms with E-state index in [9.17, 15) is 0 Å². The molecule has 0 atom stereocenters. The third kappa shape index (κ3) is 3.05. The van der Waals surface area contributed by atoms with Crippen molar-refractivity contribution in [2.75, 3.05) is 11.9 Å². The Bertz CT molecular complexity index is 504. The third-order valence-corrected chi connectivity index (χ3v) is 4.91. The van der Waals surface area contributed by atoms with E-state index in [2.05, 4.69) is 34.3 Å². The first-order chi connectivity index (χ1) is 8.74. The molecule has 0 fully saturated rings. The number of unbranched alkanes of at least 4 members (excludes halogenated alkanes) is 1. The zero-order valence-electron chi connectivity index (χ0n) is 11.0. The van der Waals surface area contributed by atoms with E-state index in [0.717, 1.165) is 45.1 Å². The summed E-state index contributed by atoms with van der Waals surface area (Å²) in [6.07, 6.45) is 3.33. The highest BCUT2D eigenvalue weighted by Gasteiger charge is 2.13. The maximum Gasteiger partial charge on any atom is 0.206 e. The molecular weight excluding hydrogens is 264 g/mol. The fourth-order valence-corrected chi connectivity index (χ4v) is 3.46. The summed E-state index contributed by atoms with van der Waals surface area (Å²) in [6.45, 7) is 7.31. The summed E-state index contributed by atoms with van der Waals surface area (Å²) in [5, 5.41) is 14.8. The quantitative estimate of drug-likeness (QED) is 0.820. The highest BCUT2D eigenvalue weighted by atomic mass is 32.1. The second-order valence-electron chi connectivity index (χ2n) is 4.07. The Kier molecular flexibility index (Phi) is 4.66. The summed E-state index contributed by atoms with van der Waals surface area (Å²) >= 11 is 3.33. The number of thiazole rings is 1. The maximum absolute atomic E-state index is 4.53. The molecule has 4 nitrogen and oxygen atoms in total. The first kappa shape index (κ1) is 13.4. The van der Waals surface area contributed by atoms with Crippen LogP contribution in [0.4, 0.5) is 5.13 Å². The normalized spacial score (nSPS) is 10.8. The number of nitrogens with zero attached hydrogens (tertiary/aromatic N) is 3. The van der Waals surface area contributed by atoms with Crippen molar-refractivity contribution in [3.63, 3.8) is 0 Å². The largest absolute Gasteiger partial charge is 0.360 e. The van der Waals surface area contributed by atoms with Crippen molar-refractivity contribution in [2.24, 2.45) is 0 Å². The van der Waals surface area contributed by atoms with Crippen molar-refractivity contribution >= 4 is 27.8 Å². The van der Waals surface area contributed by atoms with Gasteiger partial charge in [-0.15, -0.1) is 21.5 Å². The van der Waals surface area contributed by atoms with Crippen LogP contribution in [0, 0.1) is 6.92 Å². The lowest BCUT2D eigenvalue weighted by Gasteiger charge is -1.97. The van der Waals surface area contributed by atoms with Gasteiger partial charge in [-0.3, -0.25) is 0 Å². The molecule has 0 amide bonds. The maximum atomic E-state index is 4.53. The second-order valence-corrected chi connectivity index (χ2v) is 6.13. The monoisotopic (exact) mass is 282 g/mol. The zero-order valence-corrected chi connectivity index (χ0v) is 12.6. The van der Waals surface area contributed by atoms with Gasteiger partial charge in [0.25, 0.3) is 0 Å². The molecule has 0 aliphatic carbocycles. The van der Waals surface area contributed by atoms with E-state index in [1.807, 2.05) is 6.92 Å². The molecule has 1 N–H and O–H groups in total. The Hall–Kier alpha value is -1.01. The van der Waals surface area contributed by atoms with Gasteiger partial charge in [0.2, 0.25) is 5.13 Å². The van der Waals surface area contributed by atoms with Gasteiger partial charge in [0, 0.05) is 6.54 Å². The van der Waals surface area contributed by atoms with Gasteiger partial charge in [0.1, 0.15) is 0 Å². The molecule has 0 aliphatic heterocycles. The number of hydrogen-bond acceptors (Lipinski definition) is 6. The summed E-state index contributed by atoms with van der Waals surface area (Å²) in [5.41, 5.74) is 1.06. The number of anilines is 1. The van der Waals surface area contributed by atoms with Crippen molar-refractivity contribution in [2.45, 2.75) is 40.0 Å². The number of hydrogen-bond donors (Lipinski definition) is 1. The van der Waals surface area contributed by atoms with Gasteiger partial charge >= 0.3 is 0 Å². The first-order valence-corrected chi connectivity index (χ1v) is 7.92. The third-order valence-electron chi connectivity index (χ3n) is 2.57. The summed E-state index contributed by atoms with van der Waals surface area (Å²) in [6, 6.07) is 0. The minimum atomic E-state index is 0.907. The second kappa shape index (κ2) is 6.24. The summed E-state index contributed by atoms with van der Waals surface area (Å²) < 4.78 is 0. The molecule has 0 bridgehead atoms. The summed E-state index contributed by atoms with van der Waals surface area (Å²) in [4.78, 5) is 5.69. The van der Waals surface area contributed by atoms with Gasteiger partial charge < -0.3 is 5.32 Å². The van der Waals surface area contributed by atoms with E-state index in [1.165, 1.54) is 6.42 Å². The lowest BCUT2D eigenvalue weighted by molar-refractivity contribution is 0.831. The molecule has 0 spiro atoms. The van der Waals surface area contributed by atoms with Crippen LogP contribution in [0.3, 0.4) is 0 Å². The molecule has 2 aromatic heterocycles. The molecule has 0 saturated heterocycles. The van der Waals surface area contributed by atoms with Crippen LogP contribution in [0.15, 0.2) is 0 Å². The molecule has 0 saturated carbocycles. The van der Waals surface area contributed by atoms with E-state index in [0.29, 0.717) is 0 Å². The van der Waals surface area contributed by atoms with Crippen molar-refractivity contribution in [1.29, 1.82) is 0 Å². The fourth-order valence-electron chi connectivity index (χ4n) is 1.56. The average molecular weight is 282 g/mol. The number of nitrogens with one attached hydrogen (secondary N) is 1. The van der Waals surface area contributed by atoms with E-state index in [-0.39, 0.29) is 0 Å². The summed E-state index contributed by atoms with van der Waals surface area (Å²) in [5.74, 6) is 0. The Balaban J connectivity index is 2.11. The van der Waals surface area contributed by atoms with Gasteiger partial charge in [-0.05, 0) is 19.8 Å². The van der Waals surface area contributed by atoms with Crippen molar-refractivity contribution in [3.05, 3.63) is 10.7 Å². The SMILES string of the molecule is CCCCNc1nnc(-c2sc(CC)nc2C)s1. The summed E-state index contributed by atoms with van der Waals surface area (Å²) in [7, 11) is 0. The number of aromatic nitrogens is 3. The van der Waals surface area contributed by atoms with Crippen LogP contribution in [0.25, 0.3) is 9.88 Å². The highest BCUT2D eigenvalue weighted by Crippen LogP contribution is 2.33. The zero-order chi connectivity index (χ0) is 13.0. The minimum Gasteiger partial charge on any atom is -0.360 e. The predicted octanol–water partition coefficient (Wildman–Crippen LogP) is 3.74. The molecule has 98 valence electrons. The van der Waals surface area contributed by atoms with Gasteiger partial charge in [-0.2, -0.15) is 0 Å². The van der Waals surface area contributed by atoms with Crippen LogP contribution < -0.4 is 5.32 Å². The Morgan fingerprint density at radius 1 is 1.17 bits per heavy atom. The van der Waals surface area contributed by atoms with Crippen LogP contribution in [0.1, 0.15) is 37.4 Å². The van der Waals surface area contributed by atoms with E-state index >= 15 is 0 Å². The molecule has 0 aromatic carbocycles. The van der Waals surface area contributed by atoms with Crippen LogP contribution in [-0.2, 0) is 6.42 Å². The standard InChI is InChI=1S/C12H18N4S2/c1-4-6-7-13-12-16-15-11(18-12)10-8(3)14-9(5-2)17-10/h4-7H2,1-3H3,(H,13,16). The Morgan fingerprint density at radius 2 is 2.00 bits per heavy atom. The van der Waals surface area contributed by atoms with Crippen LogP contribution in [0.2, 0.25) is 0 Å². The average Bonchev–Trinajstić information content (AvgIpc) is 2.96. The number of rotatable bonds is 6. The molecule has 0 aliphatic rings. The Labute approximate surface area is 116 Å². The van der Waals surface area contributed by atoms with E-state index in [4.69, 9.17) is 0 Å². The van der Waals surface area contributed by atoms with Crippen molar-refractivity contribution in [1.82, 2.24) is 15.2 Å². The lowest BCUT2D eigenvalue weighted by Crippen LogP contribution is -1.99. The Morgan fingerprint density at radius 3 is 2.67 bits per heavy atom. The molecule has 6 heteroatoms. The van der Waals surface area contributed by atoms with Crippen LogP contribution in [-0.4, -0.2) is 21.7 Å². The highest BCUT2D eigenvalue weighted by molar-refractivity contribution is 7.23. The van der Waals surface area contributed by atoms with Crippen molar-refractivity contribution in [3.8, 4) is 9.88 Å². The molecule has 2 heterocycles. The van der Waals surface area contributed by atoms with Crippen LogP contribution in [0.5, 0.6) is 0 Å². The first-order valence-electron chi connectivity index (χ1n) is 6.28. The molecule has 0 unspecified atom stereocenters. The molecule has 2 aromatic rings. The number of aryl methyl sites for hydroxylation is 2. The lowest BCUT2D eigenvalue weighted by atomic mass is 10.3. The van der Waals surface area contributed by atoms with Gasteiger partial charge in [-0.1, -0.05) is 31.6 Å².